The number of nitrogens with one attached hydrogen (secondary N) is 1. The van der Waals surface area contributed by atoms with Gasteiger partial charge >= 0.3 is 6.03 Å². The van der Waals surface area contributed by atoms with E-state index in [2.05, 4.69) is 51.6 Å². The van der Waals surface area contributed by atoms with Gasteiger partial charge < -0.3 is 20.0 Å². The van der Waals surface area contributed by atoms with E-state index < -0.39 is 0 Å². The molecule has 1 saturated heterocycles. The summed E-state index contributed by atoms with van der Waals surface area (Å²) >= 11 is 0. The number of aryl methyl sites for hydroxylation is 1. The van der Waals surface area contributed by atoms with Gasteiger partial charge in [0, 0.05) is 44.3 Å². The van der Waals surface area contributed by atoms with Gasteiger partial charge in [0.2, 0.25) is 5.91 Å². The van der Waals surface area contributed by atoms with Crippen molar-refractivity contribution in [1.29, 1.82) is 0 Å². The first-order chi connectivity index (χ1) is 15.9. The Morgan fingerprint density at radius 3 is 2.42 bits per heavy atom. The lowest BCUT2D eigenvalue weighted by Crippen LogP contribution is -2.50. The number of amides is 3. The summed E-state index contributed by atoms with van der Waals surface area (Å²) in [5, 5.41) is 11.7. The molecule has 2 heterocycles. The number of urea groups is 1. The van der Waals surface area contributed by atoms with Gasteiger partial charge in [-0.15, -0.1) is 10.2 Å². The molecule has 33 heavy (non-hydrogen) atoms. The first-order valence-electron chi connectivity index (χ1n) is 11.9. The van der Waals surface area contributed by atoms with Gasteiger partial charge in [-0.3, -0.25) is 4.79 Å². The molecule has 3 amide bonds. The fraction of sp³-hybridized carbons (Fsp3) is 0.520. The first-order valence-corrected chi connectivity index (χ1v) is 11.9. The number of carbonyl (C=O) groups is 2. The Kier molecular flexibility index (Phi) is 8.63. The van der Waals surface area contributed by atoms with E-state index in [0.717, 1.165) is 36.5 Å². The number of benzene rings is 1. The highest BCUT2D eigenvalue weighted by molar-refractivity contribution is 5.84. The molecule has 8 heteroatoms. The molecule has 8 nitrogen and oxygen atoms in total. The zero-order chi connectivity index (χ0) is 23.8. The second kappa shape index (κ2) is 11.6. The van der Waals surface area contributed by atoms with Crippen molar-refractivity contribution in [3.63, 3.8) is 0 Å². The van der Waals surface area contributed by atoms with Crippen molar-refractivity contribution in [3.8, 4) is 11.3 Å². The standard InChI is InChI=1S/C25H36N6O2/c1-5-20(4)31(25(33)26-6-2)18-24(32)30-15-7-14-29(16-17-30)23-13-12-22(27-28-23)21-10-8-19(3)9-11-21/h8-13,20H,5-7,14-18H2,1-4H3,(H,26,33)/t20-/m0/s1. The number of hydrogen-bond acceptors (Lipinski definition) is 5. The van der Waals surface area contributed by atoms with Crippen LogP contribution in [0.3, 0.4) is 0 Å². The highest BCUT2D eigenvalue weighted by Gasteiger charge is 2.26. The maximum atomic E-state index is 13.0. The largest absolute Gasteiger partial charge is 0.353 e. The topological polar surface area (TPSA) is 81.7 Å². The van der Waals surface area contributed by atoms with E-state index in [1.165, 1.54) is 5.56 Å². The molecule has 1 atom stereocenters. The van der Waals surface area contributed by atoms with Gasteiger partial charge in [-0.05, 0) is 45.7 Å². The van der Waals surface area contributed by atoms with Crippen molar-refractivity contribution in [2.24, 2.45) is 0 Å². The summed E-state index contributed by atoms with van der Waals surface area (Å²) < 4.78 is 0. The fourth-order valence-electron chi connectivity index (χ4n) is 3.91. The maximum absolute atomic E-state index is 13.0. The molecule has 1 aliphatic heterocycles. The summed E-state index contributed by atoms with van der Waals surface area (Å²) in [6.45, 7) is 11.4. The normalized spacial score (nSPS) is 15.0. The van der Waals surface area contributed by atoms with Crippen LogP contribution in [0.1, 0.15) is 39.2 Å². The van der Waals surface area contributed by atoms with Gasteiger partial charge in [-0.2, -0.15) is 0 Å². The van der Waals surface area contributed by atoms with Crippen molar-refractivity contribution in [3.05, 3.63) is 42.0 Å². The third-order valence-electron chi connectivity index (χ3n) is 6.19. The van der Waals surface area contributed by atoms with E-state index in [1.807, 2.05) is 37.8 Å². The molecule has 0 aliphatic carbocycles. The lowest BCUT2D eigenvalue weighted by atomic mass is 10.1. The Bertz CT molecular complexity index is 915. The lowest BCUT2D eigenvalue weighted by molar-refractivity contribution is -0.132. The van der Waals surface area contributed by atoms with Gasteiger partial charge in [-0.25, -0.2) is 4.79 Å². The van der Waals surface area contributed by atoms with Gasteiger partial charge in [-0.1, -0.05) is 36.8 Å². The first kappa shape index (κ1) is 24.5. The van der Waals surface area contributed by atoms with E-state index in [9.17, 15) is 9.59 Å². The van der Waals surface area contributed by atoms with Crippen LogP contribution in [0, 0.1) is 6.92 Å². The SMILES string of the molecule is CCNC(=O)N(CC(=O)N1CCCN(c2ccc(-c3ccc(C)cc3)nn2)CC1)[C@@H](C)CC. The van der Waals surface area contributed by atoms with Crippen LogP contribution in [0.2, 0.25) is 0 Å². The van der Waals surface area contributed by atoms with Gasteiger partial charge in [0.1, 0.15) is 6.54 Å². The summed E-state index contributed by atoms with van der Waals surface area (Å²) in [6, 6.07) is 12.1. The highest BCUT2D eigenvalue weighted by atomic mass is 16.2. The number of anilines is 1. The Balaban J connectivity index is 1.60. The summed E-state index contributed by atoms with van der Waals surface area (Å²) in [6.07, 6.45) is 1.65. The second-order valence-corrected chi connectivity index (χ2v) is 8.58. The van der Waals surface area contributed by atoms with E-state index in [0.29, 0.717) is 26.2 Å². The zero-order valence-corrected chi connectivity index (χ0v) is 20.3. The number of hydrogen-bond donors (Lipinski definition) is 1. The Hall–Kier alpha value is -3.16. The predicted octanol–water partition coefficient (Wildman–Crippen LogP) is 3.32. The van der Waals surface area contributed by atoms with Crippen molar-refractivity contribution < 1.29 is 9.59 Å². The average Bonchev–Trinajstić information content (AvgIpc) is 3.09. The molecular formula is C25H36N6O2. The van der Waals surface area contributed by atoms with Crippen molar-refractivity contribution in [1.82, 2.24) is 25.3 Å². The van der Waals surface area contributed by atoms with Gasteiger partial charge in [0.15, 0.2) is 5.82 Å². The van der Waals surface area contributed by atoms with Crippen LogP contribution in [0.25, 0.3) is 11.3 Å². The van der Waals surface area contributed by atoms with Crippen LogP contribution in [0.5, 0.6) is 0 Å². The minimum absolute atomic E-state index is 0.00583. The third-order valence-corrected chi connectivity index (χ3v) is 6.19. The summed E-state index contributed by atoms with van der Waals surface area (Å²) in [7, 11) is 0. The van der Waals surface area contributed by atoms with Crippen molar-refractivity contribution >= 4 is 17.8 Å². The molecule has 0 bridgehead atoms. The molecule has 0 spiro atoms. The summed E-state index contributed by atoms with van der Waals surface area (Å²) in [5.74, 6) is 0.813. The number of rotatable bonds is 7. The smallest absolute Gasteiger partial charge is 0.318 e. The summed E-state index contributed by atoms with van der Waals surface area (Å²) in [4.78, 5) is 31.1. The monoisotopic (exact) mass is 452 g/mol. The Morgan fingerprint density at radius 1 is 1.03 bits per heavy atom. The van der Waals surface area contributed by atoms with E-state index in [-0.39, 0.29) is 24.5 Å². The Labute approximate surface area is 197 Å². The fourth-order valence-corrected chi connectivity index (χ4v) is 3.91. The summed E-state index contributed by atoms with van der Waals surface area (Å²) in [5.41, 5.74) is 3.11. The molecule has 0 unspecified atom stereocenters. The molecule has 3 rings (SSSR count). The molecule has 1 N–H and O–H groups in total. The van der Waals surface area contributed by atoms with E-state index >= 15 is 0 Å². The quantitative estimate of drug-likeness (QED) is 0.697. The Morgan fingerprint density at radius 2 is 1.79 bits per heavy atom. The minimum atomic E-state index is -0.180. The number of carbonyl (C=O) groups excluding carboxylic acids is 2. The molecule has 1 aliphatic rings. The third kappa shape index (κ3) is 6.43. The lowest BCUT2D eigenvalue weighted by Gasteiger charge is -2.30. The average molecular weight is 453 g/mol. The highest BCUT2D eigenvalue weighted by Crippen LogP contribution is 2.20. The molecule has 2 aromatic rings. The molecule has 1 aromatic heterocycles. The number of aromatic nitrogens is 2. The molecular weight excluding hydrogens is 416 g/mol. The molecule has 1 aromatic carbocycles. The van der Waals surface area contributed by atoms with Crippen LogP contribution < -0.4 is 10.2 Å². The van der Waals surface area contributed by atoms with Crippen LogP contribution in [-0.4, -0.2) is 77.2 Å². The van der Waals surface area contributed by atoms with E-state index in [4.69, 9.17) is 0 Å². The maximum Gasteiger partial charge on any atom is 0.318 e. The number of nitrogens with zero attached hydrogens (tertiary/aromatic N) is 5. The molecule has 0 radical (unpaired) electrons. The van der Waals surface area contributed by atoms with E-state index in [1.54, 1.807) is 4.90 Å². The predicted molar refractivity (Wildman–Crippen MR) is 131 cm³/mol. The minimum Gasteiger partial charge on any atom is -0.353 e. The van der Waals surface area contributed by atoms with Crippen molar-refractivity contribution in [2.75, 3.05) is 44.2 Å². The van der Waals surface area contributed by atoms with Crippen LogP contribution in [-0.2, 0) is 4.79 Å². The van der Waals surface area contributed by atoms with Crippen LogP contribution >= 0.6 is 0 Å². The molecule has 0 saturated carbocycles. The van der Waals surface area contributed by atoms with Crippen molar-refractivity contribution in [2.45, 2.75) is 46.6 Å². The van der Waals surface area contributed by atoms with Crippen LogP contribution in [0.4, 0.5) is 10.6 Å². The van der Waals surface area contributed by atoms with Gasteiger partial charge in [0.25, 0.3) is 0 Å². The van der Waals surface area contributed by atoms with Gasteiger partial charge in [0.05, 0.1) is 5.69 Å². The second-order valence-electron chi connectivity index (χ2n) is 8.58. The molecule has 1 fully saturated rings. The molecule has 178 valence electrons. The zero-order valence-electron chi connectivity index (χ0n) is 20.3. The van der Waals surface area contributed by atoms with Crippen LogP contribution in [0.15, 0.2) is 36.4 Å².